The zero-order valence-corrected chi connectivity index (χ0v) is 9.31. The van der Waals surface area contributed by atoms with Crippen LogP contribution in [-0.2, 0) is 0 Å². The van der Waals surface area contributed by atoms with Crippen LogP contribution in [0.2, 0.25) is 0 Å². The molecule has 0 saturated heterocycles. The van der Waals surface area contributed by atoms with E-state index in [1.807, 2.05) is 0 Å². The number of nitrogens with one attached hydrogen (secondary N) is 1. The molecular formula is C12H25N. The lowest BCUT2D eigenvalue weighted by atomic mass is 10.0. The minimum atomic E-state index is 0.853. The van der Waals surface area contributed by atoms with E-state index in [0.29, 0.717) is 0 Å². The zero-order valence-electron chi connectivity index (χ0n) is 9.31. The lowest BCUT2D eigenvalue weighted by Gasteiger charge is -2.17. The Morgan fingerprint density at radius 1 is 1.15 bits per heavy atom. The van der Waals surface area contributed by atoms with Crippen molar-refractivity contribution in [3.05, 3.63) is 0 Å². The van der Waals surface area contributed by atoms with Crippen LogP contribution in [0.5, 0.6) is 0 Å². The van der Waals surface area contributed by atoms with Gasteiger partial charge in [-0.2, -0.15) is 0 Å². The first-order valence-electron chi connectivity index (χ1n) is 6.11. The molecule has 0 aliphatic heterocycles. The van der Waals surface area contributed by atoms with E-state index in [0.717, 1.165) is 12.0 Å². The second-order valence-electron chi connectivity index (χ2n) is 4.39. The monoisotopic (exact) mass is 183 g/mol. The summed E-state index contributed by atoms with van der Waals surface area (Å²) in [5, 5.41) is 3.69. The second-order valence-corrected chi connectivity index (χ2v) is 4.39. The largest absolute Gasteiger partial charge is 0.314 e. The van der Waals surface area contributed by atoms with E-state index in [2.05, 4.69) is 19.2 Å². The molecule has 1 fully saturated rings. The van der Waals surface area contributed by atoms with E-state index in [4.69, 9.17) is 0 Å². The molecular weight excluding hydrogens is 158 g/mol. The molecule has 0 radical (unpaired) electrons. The molecule has 0 aromatic carbocycles. The van der Waals surface area contributed by atoms with Crippen LogP contribution in [0.4, 0.5) is 0 Å². The highest BCUT2D eigenvalue weighted by molar-refractivity contribution is 4.86. The van der Waals surface area contributed by atoms with Crippen molar-refractivity contribution >= 4 is 0 Å². The molecule has 0 aromatic heterocycles. The third-order valence-corrected chi connectivity index (χ3v) is 2.97. The van der Waals surface area contributed by atoms with Crippen LogP contribution in [-0.4, -0.2) is 12.6 Å². The number of hydrogen-bond donors (Lipinski definition) is 1. The molecule has 1 rings (SSSR count). The normalized spacial score (nSPS) is 18.9. The summed E-state index contributed by atoms with van der Waals surface area (Å²) >= 11 is 0. The van der Waals surface area contributed by atoms with E-state index < -0.39 is 0 Å². The van der Waals surface area contributed by atoms with Crippen molar-refractivity contribution in [1.29, 1.82) is 0 Å². The van der Waals surface area contributed by atoms with Gasteiger partial charge in [-0.1, -0.05) is 33.1 Å². The topological polar surface area (TPSA) is 12.0 Å². The SMILES string of the molecule is CCCCCC(NCCC)C1CC1. The molecule has 0 heterocycles. The van der Waals surface area contributed by atoms with Gasteiger partial charge in [0.15, 0.2) is 0 Å². The van der Waals surface area contributed by atoms with E-state index in [9.17, 15) is 0 Å². The maximum Gasteiger partial charge on any atom is 0.00953 e. The molecule has 0 aromatic rings. The summed E-state index contributed by atoms with van der Waals surface area (Å²) in [7, 11) is 0. The molecule has 1 saturated carbocycles. The van der Waals surface area contributed by atoms with Crippen LogP contribution in [0.15, 0.2) is 0 Å². The molecule has 1 nitrogen and oxygen atoms in total. The van der Waals surface area contributed by atoms with E-state index in [-0.39, 0.29) is 0 Å². The maximum atomic E-state index is 3.69. The Balaban J connectivity index is 2.06. The Hall–Kier alpha value is -0.0400. The molecule has 1 aliphatic carbocycles. The molecule has 0 bridgehead atoms. The summed E-state index contributed by atoms with van der Waals surface area (Å²) in [5.74, 6) is 1.03. The van der Waals surface area contributed by atoms with Gasteiger partial charge in [0, 0.05) is 6.04 Å². The van der Waals surface area contributed by atoms with Gasteiger partial charge in [0.2, 0.25) is 0 Å². The lowest BCUT2D eigenvalue weighted by Crippen LogP contribution is -2.31. The van der Waals surface area contributed by atoms with Gasteiger partial charge in [0.1, 0.15) is 0 Å². The zero-order chi connectivity index (χ0) is 9.52. The second kappa shape index (κ2) is 6.42. The van der Waals surface area contributed by atoms with Gasteiger partial charge >= 0.3 is 0 Å². The van der Waals surface area contributed by atoms with Crippen LogP contribution in [0.1, 0.15) is 58.8 Å². The van der Waals surface area contributed by atoms with Crippen molar-refractivity contribution in [2.45, 2.75) is 64.8 Å². The summed E-state index contributed by atoms with van der Waals surface area (Å²) in [5.41, 5.74) is 0. The molecule has 1 unspecified atom stereocenters. The van der Waals surface area contributed by atoms with Crippen LogP contribution in [0.3, 0.4) is 0 Å². The standard InChI is InChI=1S/C12H25N/c1-3-5-6-7-12(11-8-9-11)13-10-4-2/h11-13H,3-10H2,1-2H3. The first-order valence-corrected chi connectivity index (χ1v) is 6.11. The van der Waals surface area contributed by atoms with E-state index in [1.165, 1.54) is 51.5 Å². The maximum absolute atomic E-state index is 3.69. The lowest BCUT2D eigenvalue weighted by molar-refractivity contribution is 0.419. The molecule has 1 atom stereocenters. The van der Waals surface area contributed by atoms with Crippen molar-refractivity contribution in [1.82, 2.24) is 5.32 Å². The van der Waals surface area contributed by atoms with Crippen LogP contribution < -0.4 is 5.32 Å². The Labute approximate surface area is 83.3 Å². The fourth-order valence-electron chi connectivity index (χ4n) is 1.95. The summed E-state index contributed by atoms with van der Waals surface area (Å²) in [4.78, 5) is 0. The van der Waals surface area contributed by atoms with E-state index in [1.54, 1.807) is 0 Å². The molecule has 78 valence electrons. The van der Waals surface area contributed by atoms with Crippen LogP contribution in [0, 0.1) is 5.92 Å². The Kier molecular flexibility index (Phi) is 5.45. The van der Waals surface area contributed by atoms with Gasteiger partial charge < -0.3 is 5.32 Å². The Morgan fingerprint density at radius 2 is 1.92 bits per heavy atom. The fraction of sp³-hybridized carbons (Fsp3) is 1.00. The molecule has 0 amide bonds. The van der Waals surface area contributed by atoms with Crippen molar-refractivity contribution in [3.8, 4) is 0 Å². The van der Waals surface area contributed by atoms with Crippen LogP contribution >= 0.6 is 0 Å². The van der Waals surface area contributed by atoms with Gasteiger partial charge in [0.05, 0.1) is 0 Å². The molecule has 0 spiro atoms. The fourth-order valence-corrected chi connectivity index (χ4v) is 1.95. The smallest absolute Gasteiger partial charge is 0.00953 e. The average Bonchev–Trinajstić information content (AvgIpc) is 2.94. The highest BCUT2D eigenvalue weighted by Crippen LogP contribution is 2.34. The minimum absolute atomic E-state index is 0.853. The summed E-state index contributed by atoms with van der Waals surface area (Å²) in [6.07, 6.45) is 9.84. The van der Waals surface area contributed by atoms with Crippen molar-refractivity contribution in [3.63, 3.8) is 0 Å². The molecule has 1 aliphatic rings. The van der Waals surface area contributed by atoms with Gasteiger partial charge in [-0.3, -0.25) is 0 Å². The van der Waals surface area contributed by atoms with Gasteiger partial charge in [0.25, 0.3) is 0 Å². The van der Waals surface area contributed by atoms with Crippen molar-refractivity contribution in [2.75, 3.05) is 6.54 Å². The molecule has 13 heavy (non-hydrogen) atoms. The number of hydrogen-bond acceptors (Lipinski definition) is 1. The summed E-state index contributed by atoms with van der Waals surface area (Å²) in [6.45, 7) is 5.75. The van der Waals surface area contributed by atoms with Crippen molar-refractivity contribution in [2.24, 2.45) is 5.92 Å². The van der Waals surface area contributed by atoms with Crippen LogP contribution in [0.25, 0.3) is 0 Å². The molecule has 1 heteroatoms. The molecule has 1 N–H and O–H groups in total. The first-order chi connectivity index (χ1) is 6.38. The highest BCUT2D eigenvalue weighted by atomic mass is 14.9. The predicted octanol–water partition coefficient (Wildman–Crippen LogP) is 3.34. The predicted molar refractivity (Wildman–Crippen MR) is 58.9 cm³/mol. The quantitative estimate of drug-likeness (QED) is 0.569. The Morgan fingerprint density at radius 3 is 2.46 bits per heavy atom. The average molecular weight is 183 g/mol. The minimum Gasteiger partial charge on any atom is -0.314 e. The Bertz CT molecular complexity index is 118. The number of unbranched alkanes of at least 4 members (excludes halogenated alkanes) is 2. The van der Waals surface area contributed by atoms with Crippen molar-refractivity contribution < 1.29 is 0 Å². The third-order valence-electron chi connectivity index (χ3n) is 2.97. The summed E-state index contributed by atoms with van der Waals surface area (Å²) in [6, 6.07) is 0.853. The highest BCUT2D eigenvalue weighted by Gasteiger charge is 2.29. The van der Waals surface area contributed by atoms with Gasteiger partial charge in [-0.25, -0.2) is 0 Å². The van der Waals surface area contributed by atoms with E-state index >= 15 is 0 Å². The van der Waals surface area contributed by atoms with Gasteiger partial charge in [-0.15, -0.1) is 0 Å². The number of rotatable bonds is 8. The van der Waals surface area contributed by atoms with Gasteiger partial charge in [-0.05, 0) is 38.1 Å². The first kappa shape index (κ1) is 11.0. The third kappa shape index (κ3) is 4.66. The summed E-state index contributed by atoms with van der Waals surface area (Å²) < 4.78 is 0.